The van der Waals surface area contributed by atoms with Crippen molar-refractivity contribution in [1.82, 2.24) is 4.72 Å². The Kier molecular flexibility index (Phi) is 2.94. The highest BCUT2D eigenvalue weighted by molar-refractivity contribution is 7.89. The topological polar surface area (TPSA) is 46.2 Å². The van der Waals surface area contributed by atoms with E-state index in [9.17, 15) is 8.42 Å². The number of fused-ring (bicyclic) bond motifs is 1. The lowest BCUT2D eigenvalue weighted by atomic mass is 10.1. The van der Waals surface area contributed by atoms with E-state index in [1.54, 1.807) is 18.2 Å². The number of sulfonamides is 1. The van der Waals surface area contributed by atoms with Crippen LogP contribution in [0.5, 0.6) is 0 Å². The Balaban J connectivity index is 2.70. The maximum absolute atomic E-state index is 11.9. The van der Waals surface area contributed by atoms with Crippen molar-refractivity contribution in [2.45, 2.75) is 4.90 Å². The van der Waals surface area contributed by atoms with Gasteiger partial charge in [0.25, 0.3) is 0 Å². The summed E-state index contributed by atoms with van der Waals surface area (Å²) in [6.45, 7) is 3.63. The lowest BCUT2D eigenvalue weighted by Crippen LogP contribution is -2.23. The van der Waals surface area contributed by atoms with Crippen LogP contribution in [-0.4, -0.2) is 15.0 Å². The highest BCUT2D eigenvalue weighted by Crippen LogP contribution is 2.22. The van der Waals surface area contributed by atoms with Gasteiger partial charge in [-0.05, 0) is 18.4 Å². The van der Waals surface area contributed by atoms with Crippen molar-refractivity contribution in [1.29, 1.82) is 0 Å². The maximum atomic E-state index is 11.9. The Hall–Kier alpha value is -1.39. The van der Waals surface area contributed by atoms with Crippen molar-refractivity contribution >= 4 is 20.8 Å². The summed E-state index contributed by atoms with van der Waals surface area (Å²) in [7, 11) is -3.45. The minimum Gasteiger partial charge on any atom is -0.211 e. The van der Waals surface area contributed by atoms with Gasteiger partial charge in [-0.25, -0.2) is 13.1 Å². The molecule has 0 saturated carbocycles. The summed E-state index contributed by atoms with van der Waals surface area (Å²) in [4.78, 5) is 0.300. The van der Waals surface area contributed by atoms with Crippen LogP contribution in [0.15, 0.2) is 47.4 Å². The number of benzene rings is 2. The minimum absolute atomic E-state index is 0.144. The van der Waals surface area contributed by atoms with Gasteiger partial charge in [-0.1, -0.05) is 36.4 Å². The quantitative estimate of drug-likeness (QED) is 0.882. The van der Waals surface area contributed by atoms with Gasteiger partial charge in [-0.3, -0.25) is 0 Å². The van der Waals surface area contributed by atoms with Gasteiger partial charge < -0.3 is 0 Å². The predicted octanol–water partition coefficient (Wildman–Crippen LogP) is 1.95. The lowest BCUT2D eigenvalue weighted by Gasteiger charge is -2.07. The van der Waals surface area contributed by atoms with E-state index in [2.05, 4.69) is 11.6 Å². The van der Waals surface area contributed by atoms with Crippen molar-refractivity contribution in [2.75, 3.05) is 6.54 Å². The summed E-state index contributed by atoms with van der Waals surface area (Å²) < 4.78 is 26.2. The summed E-state index contributed by atoms with van der Waals surface area (Å²) in [5.41, 5.74) is 0. The van der Waals surface area contributed by atoms with Gasteiger partial charge in [-0.15, -0.1) is 0 Å². The third kappa shape index (κ3) is 1.94. The summed E-state index contributed by atoms with van der Waals surface area (Å²) in [6.07, 6.45) is 0. The van der Waals surface area contributed by atoms with Crippen molar-refractivity contribution in [2.24, 2.45) is 0 Å². The van der Waals surface area contributed by atoms with Crippen molar-refractivity contribution in [3.8, 4) is 0 Å². The summed E-state index contributed by atoms with van der Waals surface area (Å²) in [5, 5.41) is 1.64. The normalized spacial score (nSPS) is 11.8. The monoisotopic (exact) mass is 234 g/mol. The van der Waals surface area contributed by atoms with Gasteiger partial charge in [0, 0.05) is 11.9 Å². The van der Waals surface area contributed by atoms with Crippen LogP contribution in [0.25, 0.3) is 10.8 Å². The molecule has 83 valence electrons. The molecule has 2 aromatic carbocycles. The number of rotatable bonds is 3. The first-order chi connectivity index (χ1) is 7.65. The Bertz CT molecular complexity index is 600. The first-order valence-electron chi connectivity index (χ1n) is 4.92. The lowest BCUT2D eigenvalue weighted by molar-refractivity contribution is 0.586. The van der Waals surface area contributed by atoms with Crippen LogP contribution in [0, 0.1) is 6.92 Å². The van der Waals surface area contributed by atoms with E-state index in [-0.39, 0.29) is 6.54 Å². The zero-order valence-electron chi connectivity index (χ0n) is 8.68. The van der Waals surface area contributed by atoms with Gasteiger partial charge in [0.15, 0.2) is 0 Å². The molecule has 0 saturated heterocycles. The van der Waals surface area contributed by atoms with Crippen LogP contribution < -0.4 is 4.72 Å². The zero-order valence-corrected chi connectivity index (χ0v) is 9.50. The van der Waals surface area contributed by atoms with Crippen LogP contribution in [0.2, 0.25) is 0 Å². The minimum atomic E-state index is -3.45. The first-order valence-corrected chi connectivity index (χ1v) is 6.40. The molecule has 0 fully saturated rings. The van der Waals surface area contributed by atoms with Crippen LogP contribution in [0.1, 0.15) is 0 Å². The fourth-order valence-corrected chi connectivity index (χ4v) is 2.80. The van der Waals surface area contributed by atoms with E-state index in [1.165, 1.54) is 0 Å². The molecule has 2 aromatic rings. The molecule has 0 aliphatic heterocycles. The van der Waals surface area contributed by atoms with Gasteiger partial charge in [0.1, 0.15) is 0 Å². The third-order valence-corrected chi connectivity index (χ3v) is 3.85. The van der Waals surface area contributed by atoms with Crippen LogP contribution in [0.3, 0.4) is 0 Å². The van der Waals surface area contributed by atoms with Gasteiger partial charge in [-0.2, -0.15) is 0 Å². The molecular weight excluding hydrogens is 222 g/mol. The Morgan fingerprint density at radius 3 is 2.50 bits per heavy atom. The Morgan fingerprint density at radius 1 is 1.06 bits per heavy atom. The third-order valence-electron chi connectivity index (χ3n) is 2.33. The molecule has 1 radical (unpaired) electrons. The first kappa shape index (κ1) is 11.1. The van der Waals surface area contributed by atoms with Crippen LogP contribution in [0.4, 0.5) is 0 Å². The maximum Gasteiger partial charge on any atom is 0.241 e. The molecule has 0 spiro atoms. The average Bonchev–Trinajstić information content (AvgIpc) is 2.28. The second-order valence-electron chi connectivity index (χ2n) is 3.38. The van der Waals surface area contributed by atoms with Crippen molar-refractivity contribution < 1.29 is 8.42 Å². The molecular formula is C12H12NO2S. The smallest absolute Gasteiger partial charge is 0.211 e. The molecule has 0 unspecified atom stereocenters. The van der Waals surface area contributed by atoms with E-state index in [4.69, 9.17) is 0 Å². The van der Waals surface area contributed by atoms with E-state index < -0.39 is 10.0 Å². The highest BCUT2D eigenvalue weighted by atomic mass is 32.2. The van der Waals surface area contributed by atoms with E-state index in [0.29, 0.717) is 4.90 Å². The number of hydrogen-bond donors (Lipinski definition) is 1. The summed E-state index contributed by atoms with van der Waals surface area (Å²) in [5.74, 6) is 0. The van der Waals surface area contributed by atoms with Crippen molar-refractivity contribution in [3.05, 3.63) is 49.4 Å². The van der Waals surface area contributed by atoms with E-state index in [0.717, 1.165) is 10.8 Å². The second-order valence-corrected chi connectivity index (χ2v) is 5.11. The van der Waals surface area contributed by atoms with Gasteiger partial charge in [0.2, 0.25) is 10.0 Å². The molecule has 0 bridgehead atoms. The molecule has 1 N–H and O–H groups in total. The number of hydrogen-bond acceptors (Lipinski definition) is 2. The average molecular weight is 234 g/mol. The Labute approximate surface area is 95.2 Å². The molecule has 0 amide bonds. The molecule has 3 nitrogen and oxygen atoms in total. The molecule has 16 heavy (non-hydrogen) atoms. The highest BCUT2D eigenvalue weighted by Gasteiger charge is 2.15. The zero-order chi connectivity index (χ0) is 11.6. The molecule has 0 atom stereocenters. The molecule has 4 heteroatoms. The fourth-order valence-electron chi connectivity index (χ4n) is 1.64. The van der Waals surface area contributed by atoms with E-state index >= 15 is 0 Å². The van der Waals surface area contributed by atoms with Gasteiger partial charge in [0.05, 0.1) is 4.90 Å². The standard InChI is InChI=1S/C12H12NO2S/c1-2-13-16(14,15)12-9-5-7-10-6-3-4-8-11(10)12/h3-9,13H,1-2H2. The molecule has 2 rings (SSSR count). The summed E-state index contributed by atoms with van der Waals surface area (Å²) in [6, 6.07) is 12.6. The summed E-state index contributed by atoms with van der Waals surface area (Å²) >= 11 is 0. The van der Waals surface area contributed by atoms with Gasteiger partial charge >= 0.3 is 0 Å². The molecule has 0 heterocycles. The van der Waals surface area contributed by atoms with Crippen LogP contribution >= 0.6 is 0 Å². The van der Waals surface area contributed by atoms with Crippen molar-refractivity contribution in [3.63, 3.8) is 0 Å². The fraction of sp³-hybridized carbons (Fsp3) is 0.0833. The van der Waals surface area contributed by atoms with E-state index in [1.807, 2.05) is 24.3 Å². The largest absolute Gasteiger partial charge is 0.241 e. The van der Waals surface area contributed by atoms with Crippen LogP contribution in [-0.2, 0) is 10.0 Å². The molecule has 0 aromatic heterocycles. The molecule has 0 aliphatic carbocycles. The number of nitrogens with one attached hydrogen (secondary N) is 1. The second kappa shape index (κ2) is 4.23. The predicted molar refractivity (Wildman–Crippen MR) is 64.5 cm³/mol. The molecule has 0 aliphatic rings. The Morgan fingerprint density at radius 2 is 1.75 bits per heavy atom. The SMILES string of the molecule is [CH2]CNS(=O)(=O)c1cccc2ccccc12.